The van der Waals surface area contributed by atoms with Gasteiger partial charge >= 0.3 is 0 Å². The number of carbonyl (C=O) groups is 1. The lowest BCUT2D eigenvalue weighted by atomic mass is 9.97. The molecule has 0 radical (unpaired) electrons. The minimum atomic E-state index is -0.718. The Morgan fingerprint density at radius 2 is 2.17 bits per heavy atom. The van der Waals surface area contributed by atoms with Crippen LogP contribution in [0, 0.1) is 6.92 Å². The van der Waals surface area contributed by atoms with Gasteiger partial charge in [0, 0.05) is 11.1 Å². The number of phenolic OH excluding ortho intramolecular Hbond substituents is 1. The molecule has 0 saturated carbocycles. The van der Waals surface area contributed by atoms with Crippen molar-refractivity contribution in [2.45, 2.75) is 32.7 Å². The number of rotatable bonds is 4. The maximum absolute atomic E-state index is 12.2. The van der Waals surface area contributed by atoms with Crippen LogP contribution >= 0.6 is 12.2 Å². The van der Waals surface area contributed by atoms with E-state index in [1.54, 1.807) is 32.0 Å². The maximum Gasteiger partial charge on any atom is 0.252 e. The van der Waals surface area contributed by atoms with E-state index in [4.69, 9.17) is 18.0 Å². The molecular weight excluding hydrogens is 248 g/mol. The second-order valence-electron chi connectivity index (χ2n) is 4.45. The van der Waals surface area contributed by atoms with Crippen molar-refractivity contribution in [3.8, 4) is 5.75 Å². The van der Waals surface area contributed by atoms with Gasteiger partial charge in [-0.25, -0.2) is 0 Å². The van der Waals surface area contributed by atoms with E-state index in [-0.39, 0.29) is 16.6 Å². The third-order valence-corrected chi connectivity index (χ3v) is 3.64. The molecule has 0 aliphatic heterocycles. The average molecular weight is 266 g/mol. The largest absolute Gasteiger partial charge is 0.508 e. The van der Waals surface area contributed by atoms with E-state index in [0.717, 1.165) is 0 Å². The molecule has 1 unspecified atom stereocenters. The predicted molar refractivity (Wildman–Crippen MR) is 75.8 cm³/mol. The monoisotopic (exact) mass is 266 g/mol. The first-order valence-electron chi connectivity index (χ1n) is 5.73. The van der Waals surface area contributed by atoms with Crippen LogP contribution in [-0.4, -0.2) is 21.5 Å². The van der Waals surface area contributed by atoms with Crippen LogP contribution in [-0.2, 0) is 0 Å². The van der Waals surface area contributed by atoms with Crippen LogP contribution in [0.3, 0.4) is 0 Å². The number of aromatic hydroxyl groups is 1. The molecule has 1 aromatic carbocycles. The minimum Gasteiger partial charge on any atom is -0.508 e. The van der Waals surface area contributed by atoms with Gasteiger partial charge < -0.3 is 16.2 Å². The SMILES string of the molecule is CCC(C)(NC(=O)c1cccc(O)c1C)C(N)=S. The molecule has 0 fully saturated rings. The zero-order chi connectivity index (χ0) is 13.9. The highest BCUT2D eigenvalue weighted by atomic mass is 32.1. The summed E-state index contributed by atoms with van der Waals surface area (Å²) in [5.74, 6) is -0.197. The summed E-state index contributed by atoms with van der Waals surface area (Å²) < 4.78 is 0. The van der Waals surface area contributed by atoms with Gasteiger partial charge in [-0.1, -0.05) is 25.2 Å². The van der Waals surface area contributed by atoms with E-state index in [1.165, 1.54) is 0 Å². The van der Waals surface area contributed by atoms with Crippen molar-refractivity contribution < 1.29 is 9.90 Å². The number of nitrogens with one attached hydrogen (secondary N) is 1. The van der Waals surface area contributed by atoms with Crippen molar-refractivity contribution >= 4 is 23.1 Å². The Hall–Kier alpha value is -1.62. The van der Waals surface area contributed by atoms with Crippen molar-refractivity contribution in [3.05, 3.63) is 29.3 Å². The van der Waals surface area contributed by atoms with E-state index < -0.39 is 5.54 Å². The second-order valence-corrected chi connectivity index (χ2v) is 4.89. The normalized spacial score (nSPS) is 13.7. The zero-order valence-corrected chi connectivity index (χ0v) is 11.6. The first-order valence-corrected chi connectivity index (χ1v) is 6.13. The van der Waals surface area contributed by atoms with Crippen LogP contribution in [0.2, 0.25) is 0 Å². The van der Waals surface area contributed by atoms with Crippen molar-refractivity contribution in [2.75, 3.05) is 0 Å². The van der Waals surface area contributed by atoms with Crippen molar-refractivity contribution in [1.29, 1.82) is 0 Å². The Balaban J connectivity index is 3.02. The zero-order valence-electron chi connectivity index (χ0n) is 10.8. The fourth-order valence-corrected chi connectivity index (χ4v) is 1.71. The van der Waals surface area contributed by atoms with Crippen molar-refractivity contribution in [1.82, 2.24) is 5.32 Å². The van der Waals surface area contributed by atoms with E-state index >= 15 is 0 Å². The summed E-state index contributed by atoms with van der Waals surface area (Å²) in [6.45, 7) is 5.37. The maximum atomic E-state index is 12.2. The lowest BCUT2D eigenvalue weighted by Gasteiger charge is -2.28. The quantitative estimate of drug-likeness (QED) is 0.727. The first kappa shape index (κ1) is 14.4. The van der Waals surface area contributed by atoms with Crippen LogP contribution in [0.25, 0.3) is 0 Å². The molecule has 1 aromatic rings. The molecule has 0 aliphatic rings. The molecule has 0 aromatic heterocycles. The van der Waals surface area contributed by atoms with Gasteiger partial charge in [-0.2, -0.15) is 0 Å². The van der Waals surface area contributed by atoms with Crippen LogP contribution in [0.5, 0.6) is 5.75 Å². The summed E-state index contributed by atoms with van der Waals surface area (Å²) in [4.78, 5) is 12.4. The van der Waals surface area contributed by atoms with Gasteiger partial charge in [-0.3, -0.25) is 4.79 Å². The summed E-state index contributed by atoms with van der Waals surface area (Å²) in [7, 11) is 0. The van der Waals surface area contributed by atoms with Gasteiger partial charge in [0.15, 0.2) is 0 Å². The van der Waals surface area contributed by atoms with E-state index in [9.17, 15) is 9.90 Å². The molecule has 0 bridgehead atoms. The van der Waals surface area contributed by atoms with Crippen LogP contribution in [0.15, 0.2) is 18.2 Å². The summed E-state index contributed by atoms with van der Waals surface area (Å²) >= 11 is 4.97. The molecule has 0 saturated heterocycles. The lowest BCUT2D eigenvalue weighted by Crippen LogP contribution is -2.54. The number of hydrogen-bond donors (Lipinski definition) is 3. The summed E-state index contributed by atoms with van der Waals surface area (Å²) in [5, 5.41) is 12.4. The first-order chi connectivity index (χ1) is 8.31. The highest BCUT2D eigenvalue weighted by Gasteiger charge is 2.28. The van der Waals surface area contributed by atoms with Crippen molar-refractivity contribution in [3.63, 3.8) is 0 Å². The Morgan fingerprint density at radius 1 is 1.56 bits per heavy atom. The third kappa shape index (κ3) is 2.79. The molecular formula is C13H18N2O2S. The number of hydrogen-bond acceptors (Lipinski definition) is 3. The predicted octanol–water partition coefficient (Wildman–Crippen LogP) is 1.89. The highest BCUT2D eigenvalue weighted by molar-refractivity contribution is 7.80. The Kier molecular flexibility index (Phi) is 4.29. The average Bonchev–Trinajstić information content (AvgIpc) is 2.32. The topological polar surface area (TPSA) is 75.3 Å². The number of phenols is 1. The van der Waals surface area contributed by atoms with Crippen LogP contribution < -0.4 is 11.1 Å². The number of amides is 1. The second kappa shape index (κ2) is 5.35. The summed E-state index contributed by atoms with van der Waals surface area (Å²) in [5.41, 5.74) is 5.89. The van der Waals surface area contributed by atoms with E-state index in [1.807, 2.05) is 6.92 Å². The van der Waals surface area contributed by atoms with Gasteiger partial charge in [0.25, 0.3) is 5.91 Å². The van der Waals surface area contributed by atoms with Crippen LogP contribution in [0.1, 0.15) is 36.2 Å². The molecule has 1 atom stereocenters. The Bertz CT molecular complexity index is 488. The third-order valence-electron chi connectivity index (χ3n) is 3.19. The number of benzene rings is 1. The number of carbonyl (C=O) groups excluding carboxylic acids is 1. The van der Waals surface area contributed by atoms with Crippen molar-refractivity contribution in [2.24, 2.45) is 5.73 Å². The van der Waals surface area contributed by atoms with E-state index in [2.05, 4.69) is 5.32 Å². The van der Waals surface area contributed by atoms with Crippen LogP contribution in [0.4, 0.5) is 0 Å². The Morgan fingerprint density at radius 3 is 2.67 bits per heavy atom. The number of nitrogens with two attached hydrogens (primary N) is 1. The van der Waals surface area contributed by atoms with Gasteiger partial charge in [0.1, 0.15) is 5.75 Å². The molecule has 1 rings (SSSR count). The molecule has 98 valence electrons. The smallest absolute Gasteiger partial charge is 0.252 e. The molecule has 0 spiro atoms. The molecule has 1 amide bonds. The number of thiocarbonyl (C=S) groups is 1. The molecule has 0 heterocycles. The molecule has 18 heavy (non-hydrogen) atoms. The lowest BCUT2D eigenvalue weighted by molar-refractivity contribution is 0.0925. The summed E-state index contributed by atoms with van der Waals surface area (Å²) in [6, 6.07) is 4.82. The molecule has 5 heteroatoms. The minimum absolute atomic E-state index is 0.0937. The highest BCUT2D eigenvalue weighted by Crippen LogP contribution is 2.20. The molecule has 0 aliphatic carbocycles. The molecule has 4 nitrogen and oxygen atoms in total. The van der Waals surface area contributed by atoms with Gasteiger partial charge in [0.05, 0.1) is 10.5 Å². The standard InChI is InChI=1S/C13H18N2O2S/c1-4-13(3,12(14)18)15-11(17)9-6-5-7-10(16)8(9)2/h5-7,16H,4H2,1-3H3,(H2,14,18)(H,15,17). The Labute approximate surface area is 112 Å². The fourth-order valence-electron chi connectivity index (χ4n) is 1.51. The van der Waals surface area contributed by atoms with Gasteiger partial charge in [0.2, 0.25) is 0 Å². The van der Waals surface area contributed by atoms with Gasteiger partial charge in [-0.05, 0) is 32.4 Å². The fraction of sp³-hybridized carbons (Fsp3) is 0.385. The van der Waals surface area contributed by atoms with E-state index in [0.29, 0.717) is 17.5 Å². The summed E-state index contributed by atoms with van der Waals surface area (Å²) in [6.07, 6.45) is 0.603. The molecule has 4 N–H and O–H groups in total. The van der Waals surface area contributed by atoms with Gasteiger partial charge in [-0.15, -0.1) is 0 Å².